The van der Waals surface area contributed by atoms with Crippen LogP contribution in [0.15, 0.2) is 11.2 Å². The molecule has 1 aromatic carbocycles. The van der Waals surface area contributed by atoms with Crippen molar-refractivity contribution in [3.63, 3.8) is 0 Å². The van der Waals surface area contributed by atoms with Crippen molar-refractivity contribution < 1.29 is 26.3 Å². The lowest BCUT2D eigenvalue weighted by atomic mass is 10.1. The number of hydrogen-bond acceptors (Lipinski definition) is 4. The molecule has 0 fully saturated rings. The molecule has 0 aliphatic rings. The van der Waals surface area contributed by atoms with Crippen LogP contribution in [0.5, 0.6) is 0 Å². The molecule has 0 radical (unpaired) electrons. The number of anilines is 1. The predicted octanol–water partition coefficient (Wildman–Crippen LogP) is 2.35. The van der Waals surface area contributed by atoms with Crippen LogP contribution in [0.3, 0.4) is 0 Å². The summed E-state index contributed by atoms with van der Waals surface area (Å²) in [6.07, 6.45) is -5.42. The minimum Gasteiger partial charge on any atom is -0.382 e. The molecule has 0 amide bonds. The maximum Gasteiger partial charge on any atom is 0.422 e. The number of halogens is 6. The molecule has 0 unspecified atom stereocenters. The summed E-state index contributed by atoms with van der Waals surface area (Å²) in [5.41, 5.74) is 2.28. The van der Waals surface area contributed by atoms with Crippen LogP contribution in [0.4, 0.5) is 32.0 Å². The van der Waals surface area contributed by atoms with Crippen molar-refractivity contribution in [2.24, 2.45) is 10.8 Å². The van der Waals surface area contributed by atoms with Gasteiger partial charge in [0.05, 0.1) is 5.69 Å². The number of hydrazone groups is 1. The fraction of sp³-hybridized carbons (Fsp3) is 0.100. The van der Waals surface area contributed by atoms with E-state index >= 15 is 0 Å². The van der Waals surface area contributed by atoms with Crippen molar-refractivity contribution in [3.05, 3.63) is 29.1 Å². The Morgan fingerprint density at radius 3 is 2.29 bits per heavy atom. The highest BCUT2D eigenvalue weighted by Crippen LogP contribution is 2.36. The summed E-state index contributed by atoms with van der Waals surface area (Å²) < 4.78 is 76.8. The first-order chi connectivity index (χ1) is 9.59. The Kier molecular flexibility index (Phi) is 4.42. The lowest BCUT2D eigenvalue weighted by molar-refractivity contribution is -0.142. The van der Waals surface area contributed by atoms with Gasteiger partial charge in [-0.25, -0.2) is 13.2 Å². The molecule has 1 aromatic rings. The quantitative estimate of drug-likeness (QED) is 0.263. The zero-order chi connectivity index (χ0) is 16.4. The Morgan fingerprint density at radius 2 is 1.86 bits per heavy atom. The maximum atomic E-state index is 13.4. The van der Waals surface area contributed by atoms with Crippen LogP contribution in [-0.4, -0.2) is 11.5 Å². The van der Waals surface area contributed by atoms with E-state index in [2.05, 4.69) is 5.10 Å². The lowest BCUT2D eigenvalue weighted by Gasteiger charge is -2.12. The zero-order valence-electron chi connectivity index (χ0n) is 9.82. The second kappa shape index (κ2) is 5.70. The van der Waals surface area contributed by atoms with Gasteiger partial charge in [-0.1, -0.05) is 0 Å². The van der Waals surface area contributed by atoms with Gasteiger partial charge in [0.2, 0.25) is 5.71 Å². The molecule has 0 heterocycles. The summed E-state index contributed by atoms with van der Waals surface area (Å²) in [5.74, 6) is -7.41. The summed E-state index contributed by atoms with van der Waals surface area (Å²) in [7, 11) is 0. The molecular formula is C10H5F6N5. The molecule has 0 bridgehead atoms. The van der Waals surface area contributed by atoms with Gasteiger partial charge in [-0.05, 0) is 0 Å². The Balaban J connectivity index is 3.31. The number of hydrogen-bond donors (Lipinski definition) is 3. The molecule has 0 atom stereocenters. The first kappa shape index (κ1) is 16.3. The average molecular weight is 309 g/mol. The predicted molar refractivity (Wildman–Crippen MR) is 59.9 cm³/mol. The SMILES string of the molecule is N#C/C(=N\Nc1cc(F)c(C(F)(F)F)c(F)c1F)C(=N)N. The summed E-state index contributed by atoms with van der Waals surface area (Å²) in [6, 6.07) is 1.32. The number of rotatable bonds is 3. The van der Waals surface area contributed by atoms with E-state index in [0.717, 1.165) is 0 Å². The van der Waals surface area contributed by atoms with Gasteiger partial charge in [0.15, 0.2) is 17.5 Å². The first-order valence-corrected chi connectivity index (χ1v) is 4.92. The van der Waals surface area contributed by atoms with E-state index in [-0.39, 0.29) is 6.07 Å². The van der Waals surface area contributed by atoms with Gasteiger partial charge in [0.1, 0.15) is 17.4 Å². The van der Waals surface area contributed by atoms with Gasteiger partial charge in [-0.2, -0.15) is 23.5 Å². The largest absolute Gasteiger partial charge is 0.422 e. The van der Waals surface area contributed by atoms with Crippen LogP contribution in [0.1, 0.15) is 5.56 Å². The summed E-state index contributed by atoms with van der Waals surface area (Å²) in [5, 5.41) is 18.4. The Labute approximate surface area is 113 Å². The number of benzene rings is 1. The number of nitrogens with one attached hydrogen (secondary N) is 2. The van der Waals surface area contributed by atoms with Crippen molar-refractivity contribution in [2.45, 2.75) is 6.18 Å². The second-order valence-electron chi connectivity index (χ2n) is 3.50. The summed E-state index contributed by atoms with van der Waals surface area (Å²) in [4.78, 5) is 0. The van der Waals surface area contributed by atoms with Crippen LogP contribution in [0, 0.1) is 34.2 Å². The smallest absolute Gasteiger partial charge is 0.382 e. The fourth-order valence-corrected chi connectivity index (χ4v) is 1.20. The molecule has 112 valence electrons. The van der Waals surface area contributed by atoms with E-state index in [1.165, 1.54) is 6.07 Å². The van der Waals surface area contributed by atoms with Gasteiger partial charge >= 0.3 is 6.18 Å². The molecule has 0 spiro atoms. The van der Waals surface area contributed by atoms with Gasteiger partial charge in [-0.3, -0.25) is 10.8 Å². The average Bonchev–Trinajstić information content (AvgIpc) is 2.33. The Morgan fingerprint density at radius 1 is 1.29 bits per heavy atom. The lowest BCUT2D eigenvalue weighted by Crippen LogP contribution is -2.22. The molecule has 11 heteroatoms. The molecule has 4 N–H and O–H groups in total. The van der Waals surface area contributed by atoms with E-state index in [4.69, 9.17) is 16.4 Å². The molecule has 5 nitrogen and oxygen atoms in total. The normalized spacial score (nSPS) is 12.0. The third kappa shape index (κ3) is 3.41. The van der Waals surface area contributed by atoms with Crippen LogP contribution in [-0.2, 0) is 6.18 Å². The highest BCUT2D eigenvalue weighted by molar-refractivity contribution is 6.45. The molecule has 1 rings (SSSR count). The molecular weight excluding hydrogens is 304 g/mol. The monoisotopic (exact) mass is 309 g/mol. The molecule has 21 heavy (non-hydrogen) atoms. The van der Waals surface area contributed by atoms with Crippen LogP contribution >= 0.6 is 0 Å². The minimum absolute atomic E-state index is 0.0138. The third-order valence-electron chi connectivity index (χ3n) is 2.09. The van der Waals surface area contributed by atoms with E-state index in [1.807, 2.05) is 0 Å². The first-order valence-electron chi connectivity index (χ1n) is 4.92. The maximum absolute atomic E-state index is 13.4. The van der Waals surface area contributed by atoms with Gasteiger partial charge < -0.3 is 5.73 Å². The van der Waals surface area contributed by atoms with Crippen molar-refractivity contribution in [3.8, 4) is 6.07 Å². The van der Waals surface area contributed by atoms with Crippen LogP contribution in [0.25, 0.3) is 0 Å². The minimum atomic E-state index is -5.42. The van der Waals surface area contributed by atoms with E-state index < -0.39 is 46.4 Å². The zero-order valence-corrected chi connectivity index (χ0v) is 9.82. The van der Waals surface area contributed by atoms with Gasteiger partial charge in [-0.15, -0.1) is 0 Å². The van der Waals surface area contributed by atoms with Crippen molar-refractivity contribution in [1.82, 2.24) is 0 Å². The van der Waals surface area contributed by atoms with Crippen molar-refractivity contribution in [1.29, 1.82) is 10.7 Å². The Bertz CT molecular complexity index is 657. The van der Waals surface area contributed by atoms with Crippen LogP contribution in [0.2, 0.25) is 0 Å². The van der Waals surface area contributed by atoms with Crippen molar-refractivity contribution in [2.75, 3.05) is 5.43 Å². The van der Waals surface area contributed by atoms with E-state index in [9.17, 15) is 26.3 Å². The summed E-state index contributed by atoms with van der Waals surface area (Å²) in [6.45, 7) is 0. The molecule has 0 saturated heterocycles. The van der Waals surface area contributed by atoms with E-state index in [0.29, 0.717) is 0 Å². The molecule has 0 saturated carbocycles. The summed E-state index contributed by atoms with van der Waals surface area (Å²) >= 11 is 0. The van der Waals surface area contributed by atoms with Crippen LogP contribution < -0.4 is 11.2 Å². The number of amidine groups is 1. The van der Waals surface area contributed by atoms with Crippen molar-refractivity contribution >= 4 is 17.2 Å². The number of nitrogens with zero attached hydrogens (tertiary/aromatic N) is 2. The molecule has 0 aliphatic carbocycles. The van der Waals surface area contributed by atoms with E-state index in [1.54, 1.807) is 5.43 Å². The number of alkyl halides is 3. The third-order valence-corrected chi connectivity index (χ3v) is 2.09. The highest BCUT2D eigenvalue weighted by Gasteiger charge is 2.40. The van der Waals surface area contributed by atoms with Gasteiger partial charge in [0, 0.05) is 6.07 Å². The number of nitriles is 1. The number of nitrogens with two attached hydrogens (primary N) is 1. The second-order valence-corrected chi connectivity index (χ2v) is 3.50. The molecule has 0 aromatic heterocycles. The Hall–Kier alpha value is -2.77. The fourth-order valence-electron chi connectivity index (χ4n) is 1.20. The highest BCUT2D eigenvalue weighted by atomic mass is 19.4. The molecule has 0 aliphatic heterocycles. The van der Waals surface area contributed by atoms with Gasteiger partial charge in [0.25, 0.3) is 0 Å². The topological polar surface area (TPSA) is 98.0 Å². The standard InChI is InChI=1S/C10H5F6N5/c11-3-1-4(20-21-5(2-17)9(18)19)7(12)8(13)6(3)10(14,15)16/h1,20H,(H3,18,19)/b21-5+.